The highest BCUT2D eigenvalue weighted by Gasteiger charge is 2.18. The Morgan fingerprint density at radius 2 is 1.03 bits per heavy atom. The van der Waals surface area contributed by atoms with Gasteiger partial charge in [0.25, 0.3) is 0 Å². The zero-order valence-electron chi connectivity index (χ0n) is 17.5. The second kappa shape index (κ2) is 16.1. The van der Waals surface area contributed by atoms with Crippen molar-refractivity contribution < 1.29 is 13.6 Å². The van der Waals surface area contributed by atoms with Crippen LogP contribution in [0.5, 0.6) is 0 Å². The second-order valence-corrected chi connectivity index (χ2v) is 7.87. The van der Waals surface area contributed by atoms with Crippen LogP contribution in [0.4, 0.5) is 0 Å². The lowest BCUT2D eigenvalue weighted by Crippen LogP contribution is -1.84. The van der Waals surface area contributed by atoms with E-state index in [1.807, 2.05) is 12.1 Å². The Kier molecular flexibility index (Phi) is 12.6. The second-order valence-electron chi connectivity index (χ2n) is 7.06. The van der Waals surface area contributed by atoms with E-state index in [2.05, 4.69) is 72.6 Å². The summed E-state index contributed by atoms with van der Waals surface area (Å²) in [6.07, 6.45) is 15.1. The van der Waals surface area contributed by atoms with Crippen molar-refractivity contribution in [3.05, 3.63) is 71.8 Å². The van der Waals surface area contributed by atoms with Gasteiger partial charge in [0.05, 0.1) is 0 Å². The maximum atomic E-state index is 11.5. The molecule has 2 aromatic rings. The molecule has 0 aromatic heterocycles. The van der Waals surface area contributed by atoms with E-state index < -0.39 is 8.25 Å². The van der Waals surface area contributed by atoms with Crippen molar-refractivity contribution in [3.8, 4) is 24.1 Å². The van der Waals surface area contributed by atoms with Gasteiger partial charge in [0, 0.05) is 17.4 Å². The molecule has 4 heteroatoms. The summed E-state index contributed by atoms with van der Waals surface area (Å²) >= 11 is 0. The van der Waals surface area contributed by atoms with Gasteiger partial charge in [0.2, 0.25) is 0 Å². The van der Waals surface area contributed by atoms with E-state index in [9.17, 15) is 4.57 Å². The number of rotatable bonds is 12. The number of benzene rings is 2. The quantitative estimate of drug-likeness (QED) is 0.206. The topological polar surface area (TPSA) is 35.5 Å². The zero-order chi connectivity index (χ0) is 21.1. The third kappa shape index (κ3) is 12.0. The smallest absolute Gasteiger partial charge is 0.165 e. The Bertz CT molecular complexity index is 770. The summed E-state index contributed by atoms with van der Waals surface area (Å²) in [7, 11) is -2.29. The summed E-state index contributed by atoms with van der Waals surface area (Å²) in [5.74, 6) is 5.74. The molecule has 0 radical (unpaired) electrons. The monoisotopic (exact) mass is 421 g/mol. The van der Waals surface area contributed by atoms with Gasteiger partial charge in [-0.3, -0.25) is 0 Å². The number of unbranched alkanes of at least 4 members (excludes halogenated alkanes) is 6. The van der Waals surface area contributed by atoms with Crippen molar-refractivity contribution in [1.29, 1.82) is 0 Å². The summed E-state index contributed by atoms with van der Waals surface area (Å²) in [4.78, 5) is 0. The fourth-order valence-electron chi connectivity index (χ4n) is 2.99. The van der Waals surface area contributed by atoms with E-state index in [4.69, 9.17) is 9.05 Å². The van der Waals surface area contributed by atoms with Crippen LogP contribution in [0.25, 0.3) is 0 Å². The van der Waals surface area contributed by atoms with Crippen LogP contribution in [0.3, 0.4) is 0 Å². The number of hydrogen-bond acceptors (Lipinski definition) is 3. The minimum Gasteiger partial charge on any atom is -0.165 e. The molecule has 0 saturated carbocycles. The number of hydrogen-bond donors (Lipinski definition) is 0. The van der Waals surface area contributed by atoms with Gasteiger partial charge < -0.3 is 0 Å². The summed E-state index contributed by atoms with van der Waals surface area (Å²) < 4.78 is 21.2. The maximum absolute atomic E-state index is 11.5. The third-order valence-corrected chi connectivity index (χ3v) is 5.09. The van der Waals surface area contributed by atoms with Gasteiger partial charge in [0.15, 0.2) is 12.2 Å². The fourth-order valence-corrected chi connectivity index (χ4v) is 3.30. The van der Waals surface area contributed by atoms with E-state index in [0.717, 1.165) is 64.2 Å². The molecule has 0 N–H and O–H groups in total. The van der Waals surface area contributed by atoms with Gasteiger partial charge in [-0.25, -0.2) is 0 Å². The molecule has 156 valence electrons. The molecule has 0 spiro atoms. The molecule has 0 bridgehead atoms. The molecule has 2 rings (SSSR count). The Morgan fingerprint density at radius 3 is 1.47 bits per heavy atom. The SMILES string of the molecule is O=[P+](OC#CCCCCCc1ccccc1)OC#CCCCCCc1ccccc1. The summed E-state index contributed by atoms with van der Waals surface area (Å²) in [5, 5.41) is 0. The minimum absolute atomic E-state index is 0.729. The molecule has 30 heavy (non-hydrogen) atoms. The first-order chi connectivity index (χ1) is 14.8. The van der Waals surface area contributed by atoms with Gasteiger partial charge in [-0.1, -0.05) is 85.3 Å². The fraction of sp³-hybridized carbons (Fsp3) is 0.385. The van der Waals surface area contributed by atoms with Crippen LogP contribution in [0, 0.1) is 24.1 Å². The molecule has 0 aliphatic carbocycles. The first-order valence-corrected chi connectivity index (χ1v) is 11.8. The van der Waals surface area contributed by atoms with E-state index >= 15 is 0 Å². The third-order valence-electron chi connectivity index (χ3n) is 4.60. The van der Waals surface area contributed by atoms with Gasteiger partial charge in [-0.05, 0) is 49.7 Å². The highest BCUT2D eigenvalue weighted by molar-refractivity contribution is 7.33. The molecule has 0 saturated heterocycles. The Morgan fingerprint density at radius 1 is 0.600 bits per heavy atom. The van der Waals surface area contributed by atoms with Crippen molar-refractivity contribution >= 4 is 8.25 Å². The van der Waals surface area contributed by atoms with E-state index in [0.29, 0.717) is 0 Å². The van der Waals surface area contributed by atoms with Crippen LogP contribution >= 0.6 is 8.25 Å². The molecule has 0 aliphatic rings. The van der Waals surface area contributed by atoms with E-state index in [-0.39, 0.29) is 0 Å². The van der Waals surface area contributed by atoms with E-state index in [1.54, 1.807) is 0 Å². The van der Waals surface area contributed by atoms with Crippen molar-refractivity contribution in [1.82, 2.24) is 0 Å². The average molecular weight is 421 g/mol. The largest absolute Gasteiger partial charge is 0.823 e. The molecule has 0 fully saturated rings. The van der Waals surface area contributed by atoms with Crippen molar-refractivity contribution in [3.63, 3.8) is 0 Å². The van der Waals surface area contributed by atoms with Crippen LogP contribution in [0.1, 0.15) is 62.5 Å². The van der Waals surface area contributed by atoms with Gasteiger partial charge in [-0.2, -0.15) is 9.05 Å². The van der Waals surface area contributed by atoms with Crippen molar-refractivity contribution in [2.45, 2.75) is 64.2 Å². The molecular formula is C26H30O3P+. The Labute approximate surface area is 182 Å². The van der Waals surface area contributed by atoms with Crippen LogP contribution in [-0.2, 0) is 26.5 Å². The zero-order valence-corrected chi connectivity index (χ0v) is 18.4. The molecule has 0 unspecified atom stereocenters. The van der Waals surface area contributed by atoms with Gasteiger partial charge in [-0.15, -0.1) is 0 Å². The lowest BCUT2D eigenvalue weighted by Gasteiger charge is -1.99. The molecule has 0 heterocycles. The first-order valence-electron chi connectivity index (χ1n) is 10.7. The van der Waals surface area contributed by atoms with Crippen LogP contribution in [-0.4, -0.2) is 0 Å². The summed E-state index contributed by atoms with van der Waals surface area (Å²) in [6, 6.07) is 21.0. The molecular weight excluding hydrogens is 391 g/mol. The predicted molar refractivity (Wildman–Crippen MR) is 123 cm³/mol. The summed E-state index contributed by atoms with van der Waals surface area (Å²) in [6.45, 7) is 0. The van der Waals surface area contributed by atoms with Gasteiger partial charge >= 0.3 is 8.25 Å². The first kappa shape index (κ1) is 23.5. The Hall–Kier alpha value is -2.74. The van der Waals surface area contributed by atoms with Crippen molar-refractivity contribution in [2.75, 3.05) is 0 Å². The lowest BCUT2D eigenvalue weighted by atomic mass is 10.1. The highest BCUT2D eigenvalue weighted by Crippen LogP contribution is 2.21. The van der Waals surface area contributed by atoms with Crippen LogP contribution in [0.15, 0.2) is 60.7 Å². The molecule has 3 nitrogen and oxygen atoms in total. The summed E-state index contributed by atoms with van der Waals surface area (Å²) in [5.41, 5.74) is 2.74. The maximum Gasteiger partial charge on any atom is 0.823 e. The average Bonchev–Trinajstić information content (AvgIpc) is 2.79. The molecule has 0 aliphatic heterocycles. The van der Waals surface area contributed by atoms with Crippen LogP contribution in [0.2, 0.25) is 0 Å². The minimum atomic E-state index is -2.29. The molecule has 0 atom stereocenters. The van der Waals surface area contributed by atoms with Gasteiger partial charge in [0.1, 0.15) is 0 Å². The van der Waals surface area contributed by atoms with Crippen molar-refractivity contribution in [2.24, 2.45) is 0 Å². The molecule has 0 amide bonds. The normalized spacial score (nSPS) is 9.60. The van der Waals surface area contributed by atoms with Crippen LogP contribution < -0.4 is 0 Å². The molecule has 2 aromatic carbocycles. The highest BCUT2D eigenvalue weighted by atomic mass is 31.1. The van der Waals surface area contributed by atoms with E-state index in [1.165, 1.54) is 11.1 Å². The number of aryl methyl sites for hydroxylation is 2. The lowest BCUT2D eigenvalue weighted by molar-refractivity contribution is 0.383. The Balaban J connectivity index is 1.41. The standard InChI is InChI=1S/C26H30O3P/c27-30(28-23-15-5-1-3-9-17-25-19-11-7-12-20-25)29-24-16-6-2-4-10-18-26-21-13-8-14-22-26/h7-8,11-14,19-22H,1-6,9-10,17-18H2/q+1. The predicted octanol–water partition coefficient (Wildman–Crippen LogP) is 7.21.